The van der Waals surface area contributed by atoms with Crippen LogP contribution in [-0.4, -0.2) is 0 Å². The van der Waals surface area contributed by atoms with E-state index in [0.717, 1.165) is 5.33 Å². The van der Waals surface area contributed by atoms with Crippen molar-refractivity contribution in [1.82, 2.24) is 0 Å². The molecule has 0 aliphatic rings. The molecule has 0 aliphatic heterocycles. The Labute approximate surface area is 141 Å². The number of rotatable bonds is 1. The molecule has 19 heavy (non-hydrogen) atoms. The van der Waals surface area contributed by atoms with Crippen molar-refractivity contribution < 1.29 is 0 Å². The average Bonchev–Trinajstić information content (AvgIpc) is 2.37. The lowest BCUT2D eigenvalue weighted by molar-refractivity contribution is 1.30. The van der Waals surface area contributed by atoms with Crippen LogP contribution < -0.4 is 0 Å². The zero-order valence-corrected chi connectivity index (χ0v) is 16.1. The molecule has 0 aliphatic carbocycles. The first-order valence-electron chi connectivity index (χ1n) is 5.99. The third-order valence-corrected chi connectivity index (χ3v) is 5.19. The van der Waals surface area contributed by atoms with Crippen LogP contribution in [0.1, 0.15) is 22.3 Å². The van der Waals surface area contributed by atoms with Gasteiger partial charge in [-0.25, -0.2) is 0 Å². The molecule has 0 nitrogen and oxygen atoms in total. The summed E-state index contributed by atoms with van der Waals surface area (Å²) >= 11 is 10.4. The van der Waals surface area contributed by atoms with Gasteiger partial charge in [-0.3, -0.25) is 0 Å². The Balaban J connectivity index is 0.000000191. The summed E-state index contributed by atoms with van der Waals surface area (Å²) in [7, 11) is 0. The van der Waals surface area contributed by atoms with Gasteiger partial charge in [-0.15, -0.1) is 0 Å². The molecule has 0 heterocycles. The van der Waals surface area contributed by atoms with Gasteiger partial charge < -0.3 is 0 Å². The van der Waals surface area contributed by atoms with Crippen LogP contribution >= 0.6 is 47.8 Å². The van der Waals surface area contributed by atoms with E-state index in [1.807, 2.05) is 12.1 Å². The van der Waals surface area contributed by atoms with Gasteiger partial charge >= 0.3 is 0 Å². The first-order chi connectivity index (χ1) is 8.97. The normalized spacial score (nSPS) is 9.79. The van der Waals surface area contributed by atoms with Crippen LogP contribution in [0.25, 0.3) is 0 Å². The van der Waals surface area contributed by atoms with Crippen molar-refractivity contribution >= 4 is 47.8 Å². The second-order valence-corrected chi connectivity index (χ2v) is 6.62. The molecular formula is C16H17Br3. The second kappa shape index (κ2) is 8.23. The van der Waals surface area contributed by atoms with Gasteiger partial charge in [0, 0.05) is 14.3 Å². The van der Waals surface area contributed by atoms with Crippen LogP contribution in [0.15, 0.2) is 45.3 Å². The van der Waals surface area contributed by atoms with Crippen molar-refractivity contribution in [2.45, 2.75) is 26.1 Å². The summed E-state index contributed by atoms with van der Waals surface area (Å²) in [5, 5.41) is 0.917. The number of halogens is 3. The van der Waals surface area contributed by atoms with Crippen LogP contribution in [0.2, 0.25) is 0 Å². The monoisotopic (exact) mass is 446 g/mol. The summed E-state index contributed by atoms with van der Waals surface area (Å²) in [5.41, 5.74) is 5.33. The maximum Gasteiger partial charge on any atom is 0.0296 e. The molecule has 102 valence electrons. The Hall–Kier alpha value is -0.120. The molecule has 0 atom stereocenters. The lowest BCUT2D eigenvalue weighted by atomic mass is 10.1. The summed E-state index contributed by atoms with van der Waals surface area (Å²) in [4.78, 5) is 0. The summed E-state index contributed by atoms with van der Waals surface area (Å²) in [6.07, 6.45) is 0. The molecule has 0 aromatic heterocycles. The first kappa shape index (κ1) is 16.9. The van der Waals surface area contributed by atoms with E-state index in [9.17, 15) is 0 Å². The molecule has 0 saturated heterocycles. The molecule has 2 aromatic rings. The minimum absolute atomic E-state index is 0.917. The Morgan fingerprint density at radius 2 is 1.32 bits per heavy atom. The Morgan fingerprint density at radius 3 is 1.68 bits per heavy atom. The Kier molecular flexibility index (Phi) is 7.33. The lowest BCUT2D eigenvalue weighted by Gasteiger charge is -2.02. The molecule has 0 spiro atoms. The minimum atomic E-state index is 0.917. The fourth-order valence-corrected chi connectivity index (χ4v) is 3.74. The highest BCUT2D eigenvalue weighted by atomic mass is 79.9. The van der Waals surface area contributed by atoms with Gasteiger partial charge in [0.05, 0.1) is 0 Å². The summed E-state index contributed by atoms with van der Waals surface area (Å²) < 4.78 is 2.38. The third kappa shape index (κ3) is 5.05. The first-order valence-corrected chi connectivity index (χ1v) is 8.69. The van der Waals surface area contributed by atoms with Crippen molar-refractivity contribution in [3.63, 3.8) is 0 Å². The quantitative estimate of drug-likeness (QED) is 0.425. The Morgan fingerprint density at radius 1 is 0.789 bits per heavy atom. The van der Waals surface area contributed by atoms with Crippen molar-refractivity contribution in [2.24, 2.45) is 0 Å². The minimum Gasteiger partial charge on any atom is -0.0876 e. The molecule has 0 N–H and O–H groups in total. The number of benzene rings is 2. The third-order valence-electron chi connectivity index (χ3n) is 3.03. The number of alkyl halides is 1. The van der Waals surface area contributed by atoms with Gasteiger partial charge in [-0.05, 0) is 55.2 Å². The largest absolute Gasteiger partial charge is 0.0876 e. The van der Waals surface area contributed by atoms with E-state index < -0.39 is 0 Å². The van der Waals surface area contributed by atoms with Gasteiger partial charge in [-0.1, -0.05) is 72.1 Å². The highest BCUT2D eigenvalue weighted by molar-refractivity contribution is 9.11. The van der Waals surface area contributed by atoms with Crippen LogP contribution in [0.3, 0.4) is 0 Å². The molecule has 2 rings (SSSR count). The SMILES string of the molecule is Cc1cccc(Br)c1C.Cc1cccc(Br)c1CBr. The molecule has 0 radical (unpaired) electrons. The summed E-state index contributed by atoms with van der Waals surface area (Å²) in [6, 6.07) is 12.4. The fraction of sp³-hybridized carbons (Fsp3) is 0.250. The maximum absolute atomic E-state index is 3.48. The predicted octanol–water partition coefficient (Wildman–Crippen LogP) is 6.72. The standard InChI is InChI=1S/C8H8Br2.C8H9Br/c1-6-3-2-4-8(10)7(6)5-9;1-6-4-3-5-8(9)7(6)2/h2-4H,5H2,1H3;3-5H,1-2H3. The van der Waals surface area contributed by atoms with Gasteiger partial charge in [0.2, 0.25) is 0 Å². The number of hydrogen-bond acceptors (Lipinski definition) is 0. The maximum atomic E-state index is 3.48. The zero-order valence-electron chi connectivity index (χ0n) is 11.3. The molecular weight excluding hydrogens is 432 g/mol. The van der Waals surface area contributed by atoms with Gasteiger partial charge in [0.1, 0.15) is 0 Å². The molecule has 0 fully saturated rings. The van der Waals surface area contributed by atoms with Crippen LogP contribution in [0.5, 0.6) is 0 Å². The van der Waals surface area contributed by atoms with Gasteiger partial charge in [-0.2, -0.15) is 0 Å². The molecule has 3 heteroatoms. The topological polar surface area (TPSA) is 0 Å². The predicted molar refractivity (Wildman–Crippen MR) is 95.1 cm³/mol. The van der Waals surface area contributed by atoms with E-state index in [1.165, 1.54) is 31.2 Å². The molecule has 2 aromatic carbocycles. The molecule has 0 bridgehead atoms. The van der Waals surface area contributed by atoms with Crippen molar-refractivity contribution in [3.05, 3.63) is 67.6 Å². The second-order valence-electron chi connectivity index (χ2n) is 4.35. The molecule has 0 amide bonds. The van der Waals surface area contributed by atoms with E-state index in [1.54, 1.807) is 0 Å². The van der Waals surface area contributed by atoms with E-state index in [-0.39, 0.29) is 0 Å². The summed E-state index contributed by atoms with van der Waals surface area (Å²) in [5.74, 6) is 0. The highest BCUT2D eigenvalue weighted by Crippen LogP contribution is 2.22. The Bertz CT molecular complexity index is 507. The fourth-order valence-electron chi connectivity index (χ4n) is 1.55. The van der Waals surface area contributed by atoms with Crippen LogP contribution in [0, 0.1) is 20.8 Å². The van der Waals surface area contributed by atoms with E-state index in [4.69, 9.17) is 0 Å². The lowest BCUT2D eigenvalue weighted by Crippen LogP contribution is -1.84. The van der Waals surface area contributed by atoms with Crippen LogP contribution in [-0.2, 0) is 5.33 Å². The van der Waals surface area contributed by atoms with Gasteiger partial charge in [0.15, 0.2) is 0 Å². The van der Waals surface area contributed by atoms with Crippen LogP contribution in [0.4, 0.5) is 0 Å². The zero-order chi connectivity index (χ0) is 14.4. The van der Waals surface area contributed by atoms with E-state index >= 15 is 0 Å². The van der Waals surface area contributed by atoms with E-state index in [2.05, 4.69) is 92.8 Å². The average molecular weight is 449 g/mol. The van der Waals surface area contributed by atoms with Crippen molar-refractivity contribution in [1.29, 1.82) is 0 Å². The van der Waals surface area contributed by atoms with Gasteiger partial charge in [0.25, 0.3) is 0 Å². The molecule has 0 saturated carbocycles. The smallest absolute Gasteiger partial charge is 0.0296 e. The number of hydrogen-bond donors (Lipinski definition) is 0. The van der Waals surface area contributed by atoms with Crippen molar-refractivity contribution in [2.75, 3.05) is 0 Å². The van der Waals surface area contributed by atoms with Crippen molar-refractivity contribution in [3.8, 4) is 0 Å². The summed E-state index contributed by atoms with van der Waals surface area (Å²) in [6.45, 7) is 6.33. The molecule has 0 unspecified atom stereocenters. The van der Waals surface area contributed by atoms with E-state index in [0.29, 0.717) is 0 Å². The number of aryl methyl sites for hydroxylation is 2. The highest BCUT2D eigenvalue weighted by Gasteiger charge is 1.99.